The molecule has 0 aliphatic heterocycles. The van der Waals surface area contributed by atoms with Gasteiger partial charge in [-0.1, -0.05) is 30.3 Å². The lowest BCUT2D eigenvalue weighted by molar-refractivity contribution is -0.138. The second-order valence-corrected chi connectivity index (χ2v) is 3.99. The molecule has 5 nitrogen and oxygen atoms in total. The van der Waals surface area contributed by atoms with Crippen LogP contribution in [0.1, 0.15) is 12.0 Å². The van der Waals surface area contributed by atoms with E-state index in [0.717, 1.165) is 5.56 Å². The van der Waals surface area contributed by atoms with Gasteiger partial charge in [-0.3, -0.25) is 4.79 Å². The summed E-state index contributed by atoms with van der Waals surface area (Å²) in [6.07, 6.45) is -0.157. The zero-order valence-electron chi connectivity index (χ0n) is 9.60. The van der Waals surface area contributed by atoms with E-state index in [-0.39, 0.29) is 13.0 Å². The summed E-state index contributed by atoms with van der Waals surface area (Å²) in [5.41, 5.74) is 5.95. The Morgan fingerprint density at radius 1 is 1.35 bits per heavy atom. The predicted molar refractivity (Wildman–Crippen MR) is 64.5 cm³/mol. The van der Waals surface area contributed by atoms with Gasteiger partial charge in [0.15, 0.2) is 0 Å². The number of aliphatic hydroxyl groups is 1. The first-order valence-electron chi connectivity index (χ1n) is 5.46. The molecule has 17 heavy (non-hydrogen) atoms. The summed E-state index contributed by atoms with van der Waals surface area (Å²) in [6, 6.07) is 9.12. The quantitative estimate of drug-likeness (QED) is 0.497. The Balaban J connectivity index is 2.81. The van der Waals surface area contributed by atoms with Crippen LogP contribution < -0.4 is 11.1 Å². The van der Waals surface area contributed by atoms with Crippen molar-refractivity contribution < 1.29 is 15.0 Å². The first-order valence-corrected chi connectivity index (χ1v) is 5.46. The zero-order valence-corrected chi connectivity index (χ0v) is 9.60. The summed E-state index contributed by atoms with van der Waals surface area (Å²) in [4.78, 5) is 10.9. The second-order valence-electron chi connectivity index (χ2n) is 3.99. The monoisotopic (exact) mass is 238 g/mol. The van der Waals surface area contributed by atoms with Crippen LogP contribution in [0, 0.1) is 0 Å². The lowest BCUT2D eigenvalue weighted by atomic mass is 9.87. The molecule has 94 valence electrons. The normalized spacial score (nSPS) is 14.2. The number of hydrogen-bond acceptors (Lipinski definition) is 4. The van der Waals surface area contributed by atoms with Crippen molar-refractivity contribution in [3.8, 4) is 0 Å². The molecule has 0 aromatic heterocycles. The van der Waals surface area contributed by atoms with Gasteiger partial charge in [0.2, 0.25) is 0 Å². The number of hydrogen-bond donors (Lipinski definition) is 4. The SMILES string of the molecule is NC(CNCCO)(CC(=O)O)c1ccccc1. The van der Waals surface area contributed by atoms with Crippen molar-refractivity contribution >= 4 is 5.97 Å². The summed E-state index contributed by atoms with van der Waals surface area (Å²) < 4.78 is 0. The molecule has 5 N–H and O–H groups in total. The highest BCUT2D eigenvalue weighted by Gasteiger charge is 2.29. The van der Waals surface area contributed by atoms with Crippen LogP contribution in [0.3, 0.4) is 0 Å². The fraction of sp³-hybridized carbons (Fsp3) is 0.417. The number of rotatable bonds is 7. The minimum atomic E-state index is -0.956. The second kappa shape index (κ2) is 6.34. The number of carboxylic acids is 1. The number of nitrogens with one attached hydrogen (secondary N) is 1. The predicted octanol–water partition coefficient (Wildman–Crippen LogP) is -0.103. The number of nitrogens with two attached hydrogens (primary N) is 1. The van der Waals surface area contributed by atoms with E-state index in [1.807, 2.05) is 30.3 Å². The van der Waals surface area contributed by atoms with Crippen molar-refractivity contribution in [2.75, 3.05) is 19.7 Å². The molecule has 0 aliphatic rings. The molecule has 1 unspecified atom stereocenters. The first kappa shape index (κ1) is 13.6. The van der Waals surface area contributed by atoms with Crippen LogP contribution in [0.2, 0.25) is 0 Å². The van der Waals surface area contributed by atoms with Crippen molar-refractivity contribution in [3.05, 3.63) is 35.9 Å². The molecule has 1 rings (SSSR count). The molecule has 0 heterocycles. The molecule has 0 saturated carbocycles. The van der Waals surface area contributed by atoms with Crippen molar-refractivity contribution in [2.45, 2.75) is 12.0 Å². The Kier molecular flexibility index (Phi) is 5.09. The minimum Gasteiger partial charge on any atom is -0.481 e. The van der Waals surface area contributed by atoms with Gasteiger partial charge in [0.25, 0.3) is 0 Å². The molecule has 1 aromatic carbocycles. The average molecular weight is 238 g/mol. The van der Waals surface area contributed by atoms with Gasteiger partial charge in [0, 0.05) is 13.1 Å². The zero-order chi connectivity index (χ0) is 12.7. The minimum absolute atomic E-state index is 0.00204. The Hall–Kier alpha value is -1.43. The number of carboxylic acid groups (broad SMARTS) is 1. The van der Waals surface area contributed by atoms with Gasteiger partial charge in [0.1, 0.15) is 0 Å². The Bertz CT molecular complexity index is 356. The molecule has 0 fully saturated rings. The third kappa shape index (κ3) is 4.14. The van der Waals surface area contributed by atoms with Crippen molar-refractivity contribution in [2.24, 2.45) is 5.73 Å². The molecule has 0 amide bonds. The first-order chi connectivity index (χ1) is 8.08. The number of carbonyl (C=O) groups is 1. The number of benzene rings is 1. The van der Waals surface area contributed by atoms with E-state index in [1.165, 1.54) is 0 Å². The number of aliphatic carboxylic acids is 1. The fourth-order valence-electron chi connectivity index (χ4n) is 1.70. The van der Waals surface area contributed by atoms with E-state index in [4.69, 9.17) is 15.9 Å². The average Bonchev–Trinajstić information content (AvgIpc) is 2.29. The molecule has 0 bridgehead atoms. The summed E-state index contributed by atoms with van der Waals surface area (Å²) in [5.74, 6) is -0.942. The maximum absolute atomic E-state index is 10.9. The van der Waals surface area contributed by atoms with Crippen LogP contribution in [0.5, 0.6) is 0 Å². The van der Waals surface area contributed by atoms with Gasteiger partial charge in [0.05, 0.1) is 18.6 Å². The van der Waals surface area contributed by atoms with Crippen LogP contribution in [0.4, 0.5) is 0 Å². The van der Waals surface area contributed by atoms with Gasteiger partial charge in [-0.2, -0.15) is 0 Å². The summed E-state index contributed by atoms with van der Waals surface area (Å²) >= 11 is 0. The van der Waals surface area contributed by atoms with Gasteiger partial charge in [-0.15, -0.1) is 0 Å². The van der Waals surface area contributed by atoms with Gasteiger partial charge in [-0.25, -0.2) is 0 Å². The van der Waals surface area contributed by atoms with Crippen molar-refractivity contribution in [3.63, 3.8) is 0 Å². The van der Waals surface area contributed by atoms with Crippen molar-refractivity contribution in [1.29, 1.82) is 0 Å². The van der Waals surface area contributed by atoms with Crippen LogP contribution in [-0.2, 0) is 10.3 Å². The summed E-state index contributed by atoms with van der Waals surface area (Å²) in [5, 5.41) is 20.5. The lowest BCUT2D eigenvalue weighted by Gasteiger charge is -2.28. The highest BCUT2D eigenvalue weighted by molar-refractivity contribution is 5.69. The molecule has 0 aliphatic carbocycles. The van der Waals surface area contributed by atoms with Crippen LogP contribution in [-0.4, -0.2) is 35.9 Å². The molecule has 0 radical (unpaired) electrons. The summed E-state index contributed by atoms with van der Waals surface area (Å²) in [7, 11) is 0. The molecular formula is C12H18N2O3. The maximum Gasteiger partial charge on any atom is 0.305 e. The summed E-state index contributed by atoms with van der Waals surface area (Å²) in [6.45, 7) is 0.702. The topological polar surface area (TPSA) is 95.6 Å². The van der Waals surface area contributed by atoms with E-state index in [2.05, 4.69) is 5.32 Å². The van der Waals surface area contributed by atoms with Crippen LogP contribution in [0.15, 0.2) is 30.3 Å². The standard InChI is InChI=1S/C12H18N2O3/c13-12(8-11(16)17,9-14-6-7-15)10-4-2-1-3-5-10/h1-5,14-15H,6-9,13H2,(H,16,17). The van der Waals surface area contributed by atoms with E-state index in [1.54, 1.807) is 0 Å². The molecule has 1 atom stereocenters. The van der Waals surface area contributed by atoms with E-state index >= 15 is 0 Å². The van der Waals surface area contributed by atoms with Gasteiger partial charge in [-0.05, 0) is 5.56 Å². The molecule has 1 aromatic rings. The largest absolute Gasteiger partial charge is 0.481 e. The highest BCUT2D eigenvalue weighted by Crippen LogP contribution is 2.21. The van der Waals surface area contributed by atoms with Gasteiger partial charge >= 0.3 is 5.97 Å². The fourth-order valence-corrected chi connectivity index (χ4v) is 1.70. The third-order valence-electron chi connectivity index (χ3n) is 2.54. The van der Waals surface area contributed by atoms with Crippen LogP contribution in [0.25, 0.3) is 0 Å². The Labute approximate surface area is 100 Å². The maximum atomic E-state index is 10.9. The number of aliphatic hydroxyl groups excluding tert-OH is 1. The third-order valence-corrected chi connectivity index (χ3v) is 2.54. The van der Waals surface area contributed by atoms with E-state index < -0.39 is 11.5 Å². The molecule has 0 spiro atoms. The molecule has 0 saturated heterocycles. The molecular weight excluding hydrogens is 220 g/mol. The Morgan fingerprint density at radius 3 is 2.53 bits per heavy atom. The van der Waals surface area contributed by atoms with Crippen molar-refractivity contribution in [1.82, 2.24) is 5.32 Å². The van der Waals surface area contributed by atoms with Gasteiger partial charge < -0.3 is 21.3 Å². The lowest BCUT2D eigenvalue weighted by Crippen LogP contribution is -2.48. The van der Waals surface area contributed by atoms with E-state index in [9.17, 15) is 4.79 Å². The van der Waals surface area contributed by atoms with E-state index in [0.29, 0.717) is 13.1 Å². The highest BCUT2D eigenvalue weighted by atomic mass is 16.4. The molecule has 5 heteroatoms. The van der Waals surface area contributed by atoms with Crippen LogP contribution >= 0.6 is 0 Å². The smallest absolute Gasteiger partial charge is 0.305 e. The Morgan fingerprint density at radius 2 is 2.00 bits per heavy atom.